The fourth-order valence-corrected chi connectivity index (χ4v) is 0.561. The molecule has 0 aliphatic carbocycles. The Kier molecular flexibility index (Phi) is 0.762. The molecule has 0 N–H and O–H groups in total. The first-order valence-electron chi connectivity index (χ1n) is 2.50. The summed E-state index contributed by atoms with van der Waals surface area (Å²) in [6.45, 7) is 7.70. The predicted molar refractivity (Wildman–Crippen MR) is 29.1 cm³/mol. The first-order valence-corrected chi connectivity index (χ1v) is 2.50. The summed E-state index contributed by atoms with van der Waals surface area (Å²) in [5.41, 5.74) is 0.0139. The van der Waals surface area contributed by atoms with Gasteiger partial charge in [-0.3, -0.25) is 0 Å². The third-order valence-electron chi connectivity index (χ3n) is 1.59. The van der Waals surface area contributed by atoms with Crippen molar-refractivity contribution in [2.45, 2.75) is 25.6 Å². The van der Waals surface area contributed by atoms with Crippen LogP contribution >= 0.6 is 0 Å². The van der Waals surface area contributed by atoms with Crippen molar-refractivity contribution in [3.05, 3.63) is 12.7 Å². The van der Waals surface area contributed by atoms with Crippen LogP contribution in [0, 0.1) is 0 Å². The molecule has 0 radical (unpaired) electrons. The van der Waals surface area contributed by atoms with Gasteiger partial charge in [0.05, 0.1) is 6.10 Å². The monoisotopic (exact) mass is 98.1 g/mol. The first-order chi connectivity index (χ1) is 3.19. The van der Waals surface area contributed by atoms with Crippen LogP contribution in [0.1, 0.15) is 13.8 Å². The lowest BCUT2D eigenvalue weighted by molar-refractivity contribution is 0.349. The fourth-order valence-electron chi connectivity index (χ4n) is 0.561. The molecular weight excluding hydrogens is 88.1 g/mol. The van der Waals surface area contributed by atoms with Crippen LogP contribution in [0.5, 0.6) is 0 Å². The van der Waals surface area contributed by atoms with Crippen LogP contribution in [-0.4, -0.2) is 11.7 Å². The number of rotatable bonds is 1. The van der Waals surface area contributed by atoms with E-state index in [1.807, 2.05) is 19.9 Å². The Bertz CT molecular complexity index is 98.4. The van der Waals surface area contributed by atoms with Crippen molar-refractivity contribution in [3.63, 3.8) is 0 Å². The van der Waals surface area contributed by atoms with E-state index in [0.717, 1.165) is 0 Å². The zero-order chi connectivity index (χ0) is 5.49. The zero-order valence-corrected chi connectivity index (χ0v) is 4.77. The Balaban J connectivity index is 2.51. The maximum Gasteiger partial charge on any atom is 0.109 e. The highest BCUT2D eigenvalue weighted by Crippen LogP contribution is 2.35. The van der Waals surface area contributed by atoms with Gasteiger partial charge in [-0.2, -0.15) is 0 Å². The molecule has 1 aliphatic heterocycles. The minimum atomic E-state index is 0.0139. The van der Waals surface area contributed by atoms with E-state index in [9.17, 15) is 0 Å². The number of hydrogen-bond donors (Lipinski definition) is 0. The van der Waals surface area contributed by atoms with Gasteiger partial charge < -0.3 is 4.74 Å². The summed E-state index contributed by atoms with van der Waals surface area (Å²) in [7, 11) is 0. The van der Waals surface area contributed by atoms with Crippen LogP contribution in [0.25, 0.3) is 0 Å². The second kappa shape index (κ2) is 1.10. The van der Waals surface area contributed by atoms with E-state index in [1.54, 1.807) is 0 Å². The quantitative estimate of drug-likeness (QED) is 0.356. The van der Waals surface area contributed by atoms with Gasteiger partial charge in [0.2, 0.25) is 0 Å². The van der Waals surface area contributed by atoms with Gasteiger partial charge in [-0.05, 0) is 13.8 Å². The number of epoxide rings is 1. The molecule has 1 rings (SSSR count). The van der Waals surface area contributed by atoms with Crippen molar-refractivity contribution in [2.75, 3.05) is 0 Å². The maximum absolute atomic E-state index is 5.14. The number of ether oxygens (including phenoxy) is 1. The molecule has 0 amide bonds. The standard InChI is InChI=1S/C6H10O/c1-4-6(3)5(2)7-6/h4-5H,1H2,2-3H3/t5-,6-/m1/s1. The molecule has 0 spiro atoms. The van der Waals surface area contributed by atoms with E-state index in [0.29, 0.717) is 6.10 Å². The van der Waals surface area contributed by atoms with Gasteiger partial charge in [0.15, 0.2) is 0 Å². The molecule has 1 heterocycles. The third-order valence-corrected chi connectivity index (χ3v) is 1.59. The molecular formula is C6H10O. The molecule has 1 aliphatic rings. The van der Waals surface area contributed by atoms with Crippen molar-refractivity contribution < 1.29 is 4.74 Å². The highest BCUT2D eigenvalue weighted by Gasteiger charge is 2.45. The van der Waals surface area contributed by atoms with Crippen molar-refractivity contribution in [3.8, 4) is 0 Å². The van der Waals surface area contributed by atoms with Crippen LogP contribution < -0.4 is 0 Å². The van der Waals surface area contributed by atoms with Crippen molar-refractivity contribution in [1.29, 1.82) is 0 Å². The van der Waals surface area contributed by atoms with E-state index in [-0.39, 0.29) is 5.60 Å². The molecule has 2 atom stereocenters. The van der Waals surface area contributed by atoms with Gasteiger partial charge in [-0.25, -0.2) is 0 Å². The van der Waals surface area contributed by atoms with Crippen molar-refractivity contribution >= 4 is 0 Å². The summed E-state index contributed by atoms with van der Waals surface area (Å²) in [6, 6.07) is 0. The molecule has 1 nitrogen and oxygen atoms in total. The molecule has 40 valence electrons. The predicted octanol–water partition coefficient (Wildman–Crippen LogP) is 1.35. The lowest BCUT2D eigenvalue weighted by Gasteiger charge is -1.88. The normalized spacial score (nSPS) is 48.6. The Morgan fingerprint density at radius 2 is 2.29 bits per heavy atom. The average molecular weight is 98.1 g/mol. The molecule has 0 saturated carbocycles. The molecule has 0 unspecified atom stereocenters. The smallest absolute Gasteiger partial charge is 0.109 e. The molecule has 7 heavy (non-hydrogen) atoms. The second-order valence-corrected chi connectivity index (χ2v) is 2.15. The summed E-state index contributed by atoms with van der Waals surface area (Å²) in [6.07, 6.45) is 2.24. The maximum atomic E-state index is 5.14. The van der Waals surface area contributed by atoms with E-state index in [4.69, 9.17) is 4.74 Å². The Hall–Kier alpha value is -0.300. The molecule has 0 bridgehead atoms. The highest BCUT2D eigenvalue weighted by atomic mass is 16.6. The summed E-state index contributed by atoms with van der Waals surface area (Å²) in [5.74, 6) is 0. The van der Waals surface area contributed by atoms with Crippen LogP contribution in [0.2, 0.25) is 0 Å². The molecule has 0 aromatic carbocycles. The molecule has 1 heteroatoms. The van der Waals surface area contributed by atoms with Crippen molar-refractivity contribution in [1.82, 2.24) is 0 Å². The van der Waals surface area contributed by atoms with Crippen LogP contribution in [-0.2, 0) is 4.74 Å². The Labute approximate surface area is 44.0 Å². The topological polar surface area (TPSA) is 12.5 Å². The minimum Gasteiger partial charge on any atom is -0.362 e. The Morgan fingerprint density at radius 1 is 1.86 bits per heavy atom. The lowest BCUT2D eigenvalue weighted by Crippen LogP contribution is -2.00. The SMILES string of the molecule is C=C[C@@]1(C)O[C@@H]1C. The van der Waals surface area contributed by atoms with Crippen LogP contribution in [0.4, 0.5) is 0 Å². The van der Waals surface area contributed by atoms with Gasteiger partial charge in [-0.1, -0.05) is 6.08 Å². The van der Waals surface area contributed by atoms with Crippen LogP contribution in [0.3, 0.4) is 0 Å². The van der Waals surface area contributed by atoms with Gasteiger partial charge in [0, 0.05) is 0 Å². The average Bonchev–Trinajstić information content (AvgIpc) is 2.18. The van der Waals surface area contributed by atoms with Crippen molar-refractivity contribution in [2.24, 2.45) is 0 Å². The largest absolute Gasteiger partial charge is 0.362 e. The summed E-state index contributed by atoms with van der Waals surface area (Å²) >= 11 is 0. The lowest BCUT2D eigenvalue weighted by atomic mass is 10.1. The molecule has 0 aromatic heterocycles. The van der Waals surface area contributed by atoms with Crippen LogP contribution in [0.15, 0.2) is 12.7 Å². The van der Waals surface area contributed by atoms with Gasteiger partial charge in [-0.15, -0.1) is 6.58 Å². The summed E-state index contributed by atoms with van der Waals surface area (Å²) < 4.78 is 5.14. The molecule has 1 saturated heterocycles. The van der Waals surface area contributed by atoms with E-state index >= 15 is 0 Å². The molecule has 0 aromatic rings. The second-order valence-electron chi connectivity index (χ2n) is 2.15. The summed E-state index contributed by atoms with van der Waals surface area (Å²) in [5, 5.41) is 0. The molecule has 1 fully saturated rings. The van der Waals surface area contributed by atoms with E-state index in [2.05, 4.69) is 6.58 Å². The Morgan fingerprint density at radius 3 is 2.29 bits per heavy atom. The van der Waals surface area contributed by atoms with Gasteiger partial charge in [0.25, 0.3) is 0 Å². The zero-order valence-electron chi connectivity index (χ0n) is 4.77. The van der Waals surface area contributed by atoms with E-state index < -0.39 is 0 Å². The summed E-state index contributed by atoms with van der Waals surface area (Å²) in [4.78, 5) is 0. The minimum absolute atomic E-state index is 0.0139. The fraction of sp³-hybridized carbons (Fsp3) is 0.667. The first kappa shape index (κ1) is 4.85. The highest BCUT2D eigenvalue weighted by molar-refractivity contribution is 5.08. The third kappa shape index (κ3) is 0.570. The van der Waals surface area contributed by atoms with Gasteiger partial charge >= 0.3 is 0 Å². The number of hydrogen-bond acceptors (Lipinski definition) is 1. The van der Waals surface area contributed by atoms with Gasteiger partial charge in [0.1, 0.15) is 5.60 Å². The van der Waals surface area contributed by atoms with E-state index in [1.165, 1.54) is 0 Å².